The molecular weight excluding hydrogens is 653 g/mol. The Morgan fingerprint density at radius 1 is 0.327 bits per heavy atom. The Balaban J connectivity index is 1.03. The molecule has 0 amide bonds. The van der Waals surface area contributed by atoms with E-state index in [1.807, 2.05) is 23.5 Å². The Kier molecular flexibility index (Phi) is 5.65. The Labute approximate surface area is 301 Å². The van der Waals surface area contributed by atoms with Gasteiger partial charge in [-0.25, -0.2) is 0 Å². The highest BCUT2D eigenvalue weighted by Gasteiger charge is 2.18. The summed E-state index contributed by atoms with van der Waals surface area (Å²) in [5.74, 6) is 0. The van der Waals surface area contributed by atoms with Gasteiger partial charge in [-0.2, -0.15) is 0 Å². The van der Waals surface area contributed by atoms with Crippen LogP contribution in [0.25, 0.3) is 108 Å². The molecule has 0 saturated heterocycles. The van der Waals surface area contributed by atoms with Gasteiger partial charge in [0.1, 0.15) is 11.2 Å². The summed E-state index contributed by atoms with van der Waals surface area (Å²) in [5.41, 5.74) is 11.4. The third-order valence-corrected chi connectivity index (χ3v) is 12.1. The third-order valence-electron chi connectivity index (χ3n) is 10.9. The highest BCUT2D eigenvalue weighted by Crippen LogP contribution is 2.41. The van der Waals surface area contributed by atoms with Gasteiger partial charge in [-0.1, -0.05) is 84.9 Å². The maximum Gasteiger partial charge on any atom is 0.135 e. The Hall–Kier alpha value is -6.62. The van der Waals surface area contributed by atoms with Crippen molar-refractivity contribution in [2.45, 2.75) is 0 Å². The molecule has 4 heteroatoms. The van der Waals surface area contributed by atoms with Crippen LogP contribution in [0.2, 0.25) is 0 Å². The number of benzene rings is 8. The van der Waals surface area contributed by atoms with Crippen molar-refractivity contribution in [3.8, 4) is 22.5 Å². The fraction of sp³-hybridized carbons (Fsp3) is 0. The Morgan fingerprint density at radius 3 is 1.52 bits per heavy atom. The zero-order chi connectivity index (χ0) is 33.9. The van der Waals surface area contributed by atoms with E-state index in [1.54, 1.807) is 0 Å². The predicted molar refractivity (Wildman–Crippen MR) is 221 cm³/mol. The van der Waals surface area contributed by atoms with Crippen molar-refractivity contribution in [1.29, 1.82) is 0 Å². The second-order valence-electron chi connectivity index (χ2n) is 13.7. The number of thiophene rings is 1. The highest BCUT2D eigenvalue weighted by atomic mass is 32.1. The van der Waals surface area contributed by atoms with Gasteiger partial charge in [-0.3, -0.25) is 0 Å². The van der Waals surface area contributed by atoms with E-state index in [-0.39, 0.29) is 0 Å². The third kappa shape index (κ3) is 3.90. The van der Waals surface area contributed by atoms with Crippen LogP contribution in [0.15, 0.2) is 174 Å². The first-order valence-corrected chi connectivity index (χ1v) is 18.5. The van der Waals surface area contributed by atoms with Crippen LogP contribution in [0.5, 0.6) is 0 Å². The van der Waals surface area contributed by atoms with Crippen LogP contribution in [0, 0.1) is 0 Å². The standard InChI is InChI=1S/C48H28N2OS/c1-5-13-41-33(9-1)37-25-29(17-21-43(37)49(41)31-19-23-46-39(27-31)35-11-3-7-15-45(35)51-46)30-18-22-44-38(26-30)34-10-2-6-14-42(34)50(44)32-20-24-48-40(28-32)36-12-4-8-16-47(36)52-48/h1-28H. The summed E-state index contributed by atoms with van der Waals surface area (Å²) in [6.07, 6.45) is 0. The fourth-order valence-electron chi connectivity index (χ4n) is 8.57. The molecule has 0 atom stereocenters. The highest BCUT2D eigenvalue weighted by molar-refractivity contribution is 7.25. The second-order valence-corrected chi connectivity index (χ2v) is 14.8. The van der Waals surface area contributed by atoms with Crippen molar-refractivity contribution in [2.24, 2.45) is 0 Å². The summed E-state index contributed by atoms with van der Waals surface area (Å²) in [7, 11) is 0. The zero-order valence-electron chi connectivity index (χ0n) is 27.9. The van der Waals surface area contributed by atoms with Gasteiger partial charge in [0.05, 0.1) is 22.1 Å². The normalized spacial score (nSPS) is 12.2. The fourth-order valence-corrected chi connectivity index (χ4v) is 9.65. The van der Waals surface area contributed by atoms with Crippen LogP contribution in [0.4, 0.5) is 0 Å². The second kappa shape index (κ2) is 10.5. The average Bonchev–Trinajstić information content (AvgIpc) is 3.94. The Bertz CT molecular complexity index is 3200. The van der Waals surface area contributed by atoms with Crippen molar-refractivity contribution in [2.75, 3.05) is 0 Å². The number of hydrogen-bond donors (Lipinski definition) is 0. The maximum atomic E-state index is 6.17. The first-order chi connectivity index (χ1) is 25.8. The van der Waals surface area contributed by atoms with Crippen molar-refractivity contribution in [3.05, 3.63) is 170 Å². The van der Waals surface area contributed by atoms with E-state index in [9.17, 15) is 0 Å². The lowest BCUT2D eigenvalue weighted by molar-refractivity contribution is 0.669. The Morgan fingerprint density at radius 2 is 0.827 bits per heavy atom. The molecule has 0 bridgehead atoms. The predicted octanol–water partition coefficient (Wildman–Crippen LogP) is 13.8. The first-order valence-electron chi connectivity index (χ1n) is 17.7. The van der Waals surface area contributed by atoms with Gasteiger partial charge in [0.2, 0.25) is 0 Å². The topological polar surface area (TPSA) is 23.0 Å². The van der Waals surface area contributed by atoms with Gasteiger partial charge in [0, 0.05) is 63.9 Å². The van der Waals surface area contributed by atoms with E-state index in [2.05, 4.69) is 167 Å². The van der Waals surface area contributed by atoms with Crippen LogP contribution in [-0.2, 0) is 0 Å². The van der Waals surface area contributed by atoms with Gasteiger partial charge in [-0.05, 0) is 96.1 Å². The minimum atomic E-state index is 0.908. The zero-order valence-corrected chi connectivity index (χ0v) is 28.7. The number of nitrogens with zero attached hydrogens (tertiary/aromatic N) is 2. The molecule has 52 heavy (non-hydrogen) atoms. The van der Waals surface area contributed by atoms with E-state index in [0.29, 0.717) is 0 Å². The summed E-state index contributed by atoms with van der Waals surface area (Å²) in [5, 5.41) is 9.90. The smallest absolute Gasteiger partial charge is 0.135 e. The largest absolute Gasteiger partial charge is 0.456 e. The van der Waals surface area contributed by atoms with E-state index < -0.39 is 0 Å². The van der Waals surface area contributed by atoms with E-state index in [0.717, 1.165) is 27.6 Å². The molecular formula is C48H28N2OS. The van der Waals surface area contributed by atoms with Crippen LogP contribution >= 0.6 is 11.3 Å². The number of para-hydroxylation sites is 3. The summed E-state index contributed by atoms with van der Waals surface area (Å²) in [4.78, 5) is 0. The summed E-state index contributed by atoms with van der Waals surface area (Å²) in [6, 6.07) is 61.9. The molecule has 0 spiro atoms. The molecule has 0 aliphatic carbocycles. The lowest BCUT2D eigenvalue weighted by atomic mass is 10.0. The minimum absolute atomic E-state index is 0.908. The van der Waals surface area contributed by atoms with E-state index >= 15 is 0 Å². The van der Waals surface area contributed by atoms with Crippen LogP contribution in [0.3, 0.4) is 0 Å². The lowest BCUT2D eigenvalue weighted by Crippen LogP contribution is -1.93. The minimum Gasteiger partial charge on any atom is -0.456 e. The van der Waals surface area contributed by atoms with Crippen molar-refractivity contribution >= 4 is 97.1 Å². The van der Waals surface area contributed by atoms with Gasteiger partial charge < -0.3 is 13.6 Å². The molecule has 242 valence electrons. The molecule has 4 heterocycles. The van der Waals surface area contributed by atoms with Gasteiger partial charge in [0.25, 0.3) is 0 Å². The van der Waals surface area contributed by atoms with E-state index in [4.69, 9.17) is 4.42 Å². The van der Waals surface area contributed by atoms with E-state index in [1.165, 1.54) is 80.6 Å². The SMILES string of the molecule is c1ccc2c(c1)oc1ccc(-n3c4ccccc4c4cc(-c5ccc6c(c5)c5ccccc5n6-c5ccc6sc7ccccc7c6c5)ccc43)cc12. The molecule has 0 fully saturated rings. The molecule has 0 radical (unpaired) electrons. The monoisotopic (exact) mass is 680 g/mol. The molecule has 0 saturated carbocycles. The quantitative estimate of drug-likeness (QED) is 0.182. The van der Waals surface area contributed by atoms with Crippen LogP contribution in [-0.4, -0.2) is 9.13 Å². The molecule has 3 nitrogen and oxygen atoms in total. The van der Waals surface area contributed by atoms with Crippen molar-refractivity contribution in [1.82, 2.24) is 9.13 Å². The van der Waals surface area contributed by atoms with Crippen molar-refractivity contribution < 1.29 is 4.42 Å². The summed E-state index contributed by atoms with van der Waals surface area (Å²) in [6.45, 7) is 0. The summed E-state index contributed by atoms with van der Waals surface area (Å²) >= 11 is 1.86. The molecule has 0 aliphatic heterocycles. The molecule has 0 aliphatic rings. The molecule has 0 unspecified atom stereocenters. The number of hydrogen-bond acceptors (Lipinski definition) is 2. The van der Waals surface area contributed by atoms with Gasteiger partial charge in [-0.15, -0.1) is 11.3 Å². The molecule has 0 N–H and O–H groups in total. The molecule has 12 aromatic rings. The number of aromatic nitrogens is 2. The van der Waals surface area contributed by atoms with Crippen molar-refractivity contribution in [3.63, 3.8) is 0 Å². The van der Waals surface area contributed by atoms with Gasteiger partial charge in [0.15, 0.2) is 0 Å². The maximum absolute atomic E-state index is 6.17. The van der Waals surface area contributed by atoms with Gasteiger partial charge >= 0.3 is 0 Å². The number of rotatable bonds is 3. The molecule has 12 rings (SSSR count). The number of furan rings is 1. The first kappa shape index (κ1) is 28.1. The average molecular weight is 681 g/mol. The molecule has 4 aromatic heterocycles. The lowest BCUT2D eigenvalue weighted by Gasteiger charge is -2.10. The van der Waals surface area contributed by atoms with Crippen LogP contribution in [0.1, 0.15) is 0 Å². The molecule has 8 aromatic carbocycles. The van der Waals surface area contributed by atoms with Crippen LogP contribution < -0.4 is 0 Å². The summed E-state index contributed by atoms with van der Waals surface area (Å²) < 4.78 is 13.6. The number of fused-ring (bicyclic) bond motifs is 12.